The lowest BCUT2D eigenvalue weighted by Crippen LogP contribution is -2.50. The topological polar surface area (TPSA) is 109 Å². The molecule has 0 aliphatic rings. The van der Waals surface area contributed by atoms with Crippen LogP contribution in [-0.2, 0) is 9.59 Å². The summed E-state index contributed by atoms with van der Waals surface area (Å²) in [6, 6.07) is 2.60. The van der Waals surface area contributed by atoms with Crippen LogP contribution in [0.25, 0.3) is 0 Å². The maximum atomic E-state index is 12.6. The van der Waals surface area contributed by atoms with Gasteiger partial charge in [-0.3, -0.25) is 4.79 Å². The summed E-state index contributed by atoms with van der Waals surface area (Å²) in [5.41, 5.74) is 0.000924. The number of halogens is 1. The second-order valence-electron chi connectivity index (χ2n) is 3.43. The van der Waals surface area contributed by atoms with Crippen LogP contribution in [0.5, 0.6) is 0 Å². The van der Waals surface area contributed by atoms with Crippen molar-refractivity contribution in [2.45, 2.75) is 12.5 Å². The molecule has 7 heteroatoms. The third-order valence-corrected chi connectivity index (χ3v) is 2.07. The third-order valence-electron chi connectivity index (χ3n) is 2.07. The van der Waals surface area contributed by atoms with Gasteiger partial charge in [-0.05, 0) is 24.3 Å². The van der Waals surface area contributed by atoms with Crippen LogP contribution in [0.15, 0.2) is 24.3 Å². The number of carbonyl (C=O) groups is 3. The Labute approximate surface area is 101 Å². The number of amides is 1. The van der Waals surface area contributed by atoms with Crippen molar-refractivity contribution < 1.29 is 29.0 Å². The molecule has 1 rings (SSSR count). The zero-order chi connectivity index (χ0) is 13.7. The van der Waals surface area contributed by atoms with Gasteiger partial charge in [-0.25, -0.2) is 4.39 Å². The number of benzene rings is 1. The molecule has 0 radical (unpaired) electrons. The Kier molecular flexibility index (Phi) is 4.36. The molecule has 1 aromatic carbocycles. The molecule has 0 fully saturated rings. The molecule has 0 saturated carbocycles. The quantitative estimate of drug-likeness (QED) is 0.641. The lowest BCUT2D eigenvalue weighted by molar-refractivity contribution is -0.317. The van der Waals surface area contributed by atoms with E-state index >= 15 is 0 Å². The molecule has 6 nitrogen and oxygen atoms in total. The van der Waals surface area contributed by atoms with Crippen LogP contribution in [0, 0.1) is 5.82 Å². The van der Waals surface area contributed by atoms with E-state index in [1.165, 1.54) is 0 Å². The molecule has 0 saturated heterocycles. The van der Waals surface area contributed by atoms with Gasteiger partial charge in [-0.2, -0.15) is 0 Å². The molecule has 0 unspecified atom stereocenters. The Balaban J connectivity index is 2.75. The van der Waals surface area contributed by atoms with Crippen LogP contribution in [0.1, 0.15) is 16.8 Å². The highest BCUT2D eigenvalue weighted by Crippen LogP contribution is 2.03. The van der Waals surface area contributed by atoms with Crippen molar-refractivity contribution in [3.8, 4) is 0 Å². The number of nitrogens with one attached hydrogen (secondary N) is 1. The zero-order valence-corrected chi connectivity index (χ0v) is 9.01. The van der Waals surface area contributed by atoms with E-state index < -0.39 is 36.1 Å². The monoisotopic (exact) mass is 253 g/mol. The van der Waals surface area contributed by atoms with Crippen molar-refractivity contribution in [3.05, 3.63) is 35.6 Å². The van der Waals surface area contributed by atoms with Gasteiger partial charge in [0, 0.05) is 18.0 Å². The first-order valence-electron chi connectivity index (χ1n) is 4.87. The van der Waals surface area contributed by atoms with Crippen LogP contribution in [0.3, 0.4) is 0 Å². The SMILES string of the molecule is O=C([O-])C[C@H](NC(=O)c1ccc(F)cc1)C(=O)[O-]. The first-order valence-corrected chi connectivity index (χ1v) is 4.87. The van der Waals surface area contributed by atoms with Crippen molar-refractivity contribution in [2.75, 3.05) is 0 Å². The molecule has 0 spiro atoms. The predicted octanol–water partition coefficient (Wildman–Crippen LogP) is -2.19. The Morgan fingerprint density at radius 1 is 1.17 bits per heavy atom. The molecule has 0 aliphatic carbocycles. The molecular formula is C11H8FNO5-2. The second kappa shape index (κ2) is 5.76. The summed E-state index contributed by atoms with van der Waals surface area (Å²) in [7, 11) is 0. The Morgan fingerprint density at radius 2 is 1.72 bits per heavy atom. The molecule has 1 aromatic rings. The van der Waals surface area contributed by atoms with Crippen LogP contribution < -0.4 is 15.5 Å². The van der Waals surface area contributed by atoms with Crippen LogP contribution in [-0.4, -0.2) is 23.9 Å². The average Bonchev–Trinajstić information content (AvgIpc) is 2.28. The fourth-order valence-electron chi connectivity index (χ4n) is 1.20. The standard InChI is InChI=1S/C11H10FNO5/c12-7-3-1-6(2-4-7)10(16)13-8(11(17)18)5-9(14)15/h1-4,8H,5H2,(H,13,16)(H,14,15)(H,17,18)/p-2/t8-/m0/s1. The Morgan fingerprint density at radius 3 is 2.17 bits per heavy atom. The van der Waals surface area contributed by atoms with Gasteiger partial charge in [0.15, 0.2) is 0 Å². The van der Waals surface area contributed by atoms with Crippen LogP contribution in [0.2, 0.25) is 0 Å². The van der Waals surface area contributed by atoms with Gasteiger partial charge in [0.1, 0.15) is 5.82 Å². The zero-order valence-electron chi connectivity index (χ0n) is 9.01. The minimum absolute atomic E-state index is 0.000924. The van der Waals surface area contributed by atoms with Gasteiger partial charge in [0.25, 0.3) is 5.91 Å². The highest BCUT2D eigenvalue weighted by Gasteiger charge is 2.15. The van der Waals surface area contributed by atoms with Crippen molar-refractivity contribution in [3.63, 3.8) is 0 Å². The lowest BCUT2D eigenvalue weighted by atomic mass is 10.1. The van der Waals surface area contributed by atoms with Gasteiger partial charge in [0.2, 0.25) is 0 Å². The van der Waals surface area contributed by atoms with E-state index in [1.807, 2.05) is 5.32 Å². The third kappa shape index (κ3) is 3.85. The van der Waals surface area contributed by atoms with E-state index in [1.54, 1.807) is 0 Å². The first kappa shape index (κ1) is 13.6. The molecule has 0 aromatic heterocycles. The largest absolute Gasteiger partial charge is 0.550 e. The number of carboxylic acids is 2. The molecule has 18 heavy (non-hydrogen) atoms. The molecular weight excluding hydrogens is 245 g/mol. The number of carbonyl (C=O) groups excluding carboxylic acids is 3. The summed E-state index contributed by atoms with van der Waals surface area (Å²) in [4.78, 5) is 32.4. The molecule has 1 atom stereocenters. The van der Waals surface area contributed by atoms with Crippen LogP contribution in [0.4, 0.5) is 4.39 Å². The Hall–Kier alpha value is -2.44. The minimum atomic E-state index is -1.74. The fraction of sp³-hybridized carbons (Fsp3) is 0.182. The first-order chi connectivity index (χ1) is 8.40. The van der Waals surface area contributed by atoms with E-state index in [-0.39, 0.29) is 5.56 Å². The van der Waals surface area contributed by atoms with E-state index in [9.17, 15) is 29.0 Å². The van der Waals surface area contributed by atoms with Gasteiger partial charge >= 0.3 is 0 Å². The number of carboxylic acid groups (broad SMARTS) is 2. The van der Waals surface area contributed by atoms with E-state index in [2.05, 4.69) is 0 Å². The van der Waals surface area contributed by atoms with E-state index in [4.69, 9.17) is 0 Å². The number of aliphatic carboxylic acids is 2. The molecule has 1 N–H and O–H groups in total. The molecule has 1 amide bonds. The summed E-state index contributed by atoms with van der Waals surface area (Å²) in [6.45, 7) is 0. The molecule has 0 aliphatic heterocycles. The fourth-order valence-corrected chi connectivity index (χ4v) is 1.20. The summed E-state index contributed by atoms with van der Waals surface area (Å²) in [5, 5.41) is 22.8. The highest BCUT2D eigenvalue weighted by atomic mass is 19.1. The van der Waals surface area contributed by atoms with Gasteiger partial charge in [0.05, 0.1) is 12.0 Å². The van der Waals surface area contributed by atoms with E-state index in [0.717, 1.165) is 24.3 Å². The molecule has 0 heterocycles. The van der Waals surface area contributed by atoms with E-state index in [0.29, 0.717) is 0 Å². The predicted molar refractivity (Wildman–Crippen MR) is 52.3 cm³/mol. The Bertz CT molecular complexity index is 471. The number of rotatable bonds is 5. The summed E-state index contributed by atoms with van der Waals surface area (Å²) in [6.07, 6.45) is -0.907. The highest BCUT2D eigenvalue weighted by molar-refractivity contribution is 5.96. The van der Waals surface area contributed by atoms with Crippen molar-refractivity contribution in [2.24, 2.45) is 0 Å². The summed E-state index contributed by atoms with van der Waals surface area (Å²) < 4.78 is 12.6. The lowest BCUT2D eigenvalue weighted by Gasteiger charge is -2.20. The summed E-state index contributed by atoms with van der Waals surface area (Å²) >= 11 is 0. The van der Waals surface area contributed by atoms with Crippen LogP contribution >= 0.6 is 0 Å². The molecule has 0 bridgehead atoms. The maximum Gasteiger partial charge on any atom is 0.251 e. The van der Waals surface area contributed by atoms with Crippen molar-refractivity contribution in [1.82, 2.24) is 5.32 Å². The number of hydrogen-bond acceptors (Lipinski definition) is 5. The van der Waals surface area contributed by atoms with Gasteiger partial charge in [-0.15, -0.1) is 0 Å². The van der Waals surface area contributed by atoms with Gasteiger partial charge < -0.3 is 25.1 Å². The normalized spacial score (nSPS) is 11.6. The average molecular weight is 253 g/mol. The number of hydrogen-bond donors (Lipinski definition) is 1. The molecule has 96 valence electrons. The smallest absolute Gasteiger partial charge is 0.251 e. The summed E-state index contributed by atoms with van der Waals surface area (Å²) in [5.74, 6) is -4.78. The maximum absolute atomic E-state index is 12.6. The minimum Gasteiger partial charge on any atom is -0.550 e. The second-order valence-corrected chi connectivity index (χ2v) is 3.43. The van der Waals surface area contributed by atoms with Gasteiger partial charge in [-0.1, -0.05) is 0 Å². The van der Waals surface area contributed by atoms with Crippen molar-refractivity contribution in [1.29, 1.82) is 0 Å². The van der Waals surface area contributed by atoms with Crippen molar-refractivity contribution >= 4 is 17.8 Å².